The summed E-state index contributed by atoms with van der Waals surface area (Å²) < 4.78 is 5.30. The van der Waals surface area contributed by atoms with Crippen LogP contribution in [0.4, 0.5) is 5.95 Å². The summed E-state index contributed by atoms with van der Waals surface area (Å²) in [6.45, 7) is 3.10. The zero-order valence-electron chi connectivity index (χ0n) is 9.99. The summed E-state index contributed by atoms with van der Waals surface area (Å²) in [4.78, 5) is 6.46. The molecule has 0 amide bonds. The Morgan fingerprint density at radius 2 is 1.78 bits per heavy atom. The molecule has 18 heavy (non-hydrogen) atoms. The topological polar surface area (TPSA) is 51.1 Å². The molecule has 0 saturated carbocycles. The van der Waals surface area contributed by atoms with Crippen LogP contribution in [0.15, 0.2) is 36.5 Å². The summed E-state index contributed by atoms with van der Waals surface area (Å²) in [7, 11) is 0. The highest BCUT2D eigenvalue weighted by Gasteiger charge is 2.14. The number of anilines is 1. The Balaban J connectivity index is 1.80. The zero-order valence-corrected chi connectivity index (χ0v) is 9.99. The number of morpholine rings is 1. The number of benzene rings is 1. The van der Waals surface area contributed by atoms with Gasteiger partial charge >= 0.3 is 0 Å². The molecular weight excluding hydrogens is 228 g/mol. The highest BCUT2D eigenvalue weighted by molar-refractivity contribution is 5.57. The van der Waals surface area contributed by atoms with E-state index in [4.69, 9.17) is 4.74 Å². The maximum atomic E-state index is 5.30. The molecule has 5 heteroatoms. The van der Waals surface area contributed by atoms with Gasteiger partial charge in [-0.25, -0.2) is 4.98 Å². The zero-order chi connectivity index (χ0) is 12.2. The van der Waals surface area contributed by atoms with Crippen LogP contribution in [0.3, 0.4) is 0 Å². The molecule has 0 spiro atoms. The first-order valence-electron chi connectivity index (χ1n) is 6.01. The van der Waals surface area contributed by atoms with Crippen LogP contribution in [-0.2, 0) is 4.74 Å². The summed E-state index contributed by atoms with van der Waals surface area (Å²) in [5.41, 5.74) is 1.83. The van der Waals surface area contributed by atoms with Gasteiger partial charge in [0.25, 0.3) is 0 Å². The predicted molar refractivity (Wildman–Crippen MR) is 68.3 cm³/mol. The van der Waals surface area contributed by atoms with Crippen molar-refractivity contribution in [3.63, 3.8) is 0 Å². The number of rotatable bonds is 2. The molecule has 2 aromatic rings. The lowest BCUT2D eigenvalue weighted by molar-refractivity contribution is 0.122. The van der Waals surface area contributed by atoms with Gasteiger partial charge in [-0.1, -0.05) is 30.3 Å². The first-order chi connectivity index (χ1) is 8.93. The molecule has 1 aliphatic heterocycles. The maximum Gasteiger partial charge on any atom is 0.245 e. The van der Waals surface area contributed by atoms with Crippen molar-refractivity contribution in [3.8, 4) is 11.3 Å². The first-order valence-corrected chi connectivity index (χ1v) is 6.01. The van der Waals surface area contributed by atoms with Crippen LogP contribution >= 0.6 is 0 Å². The van der Waals surface area contributed by atoms with Gasteiger partial charge in [0, 0.05) is 18.7 Å². The number of ether oxygens (including phenoxy) is 1. The second-order valence-electron chi connectivity index (χ2n) is 4.11. The van der Waals surface area contributed by atoms with Gasteiger partial charge in [0.2, 0.25) is 5.95 Å². The highest BCUT2D eigenvalue weighted by Crippen LogP contribution is 2.16. The summed E-state index contributed by atoms with van der Waals surface area (Å²) in [6.07, 6.45) is 1.77. The highest BCUT2D eigenvalue weighted by atomic mass is 16.5. The third-order valence-electron chi connectivity index (χ3n) is 2.91. The van der Waals surface area contributed by atoms with E-state index in [2.05, 4.69) is 20.1 Å². The van der Waals surface area contributed by atoms with Crippen molar-refractivity contribution < 1.29 is 4.74 Å². The van der Waals surface area contributed by atoms with Gasteiger partial charge in [-0.3, -0.25) is 0 Å². The van der Waals surface area contributed by atoms with Crippen molar-refractivity contribution in [1.82, 2.24) is 15.2 Å². The fourth-order valence-corrected chi connectivity index (χ4v) is 1.92. The molecule has 0 bridgehead atoms. The smallest absolute Gasteiger partial charge is 0.245 e. The Kier molecular flexibility index (Phi) is 3.14. The summed E-state index contributed by atoms with van der Waals surface area (Å²) in [5.74, 6) is 0.679. The van der Waals surface area contributed by atoms with Gasteiger partial charge < -0.3 is 9.64 Å². The van der Waals surface area contributed by atoms with Crippen molar-refractivity contribution in [2.45, 2.75) is 0 Å². The molecule has 1 aromatic heterocycles. The van der Waals surface area contributed by atoms with Gasteiger partial charge in [0.05, 0.1) is 19.4 Å². The third-order valence-corrected chi connectivity index (χ3v) is 2.91. The number of hydrogen-bond donors (Lipinski definition) is 0. The van der Waals surface area contributed by atoms with E-state index in [0.717, 1.165) is 37.6 Å². The largest absolute Gasteiger partial charge is 0.378 e. The quantitative estimate of drug-likeness (QED) is 0.796. The molecule has 2 heterocycles. The van der Waals surface area contributed by atoms with Gasteiger partial charge in [-0.2, -0.15) is 0 Å². The minimum Gasteiger partial charge on any atom is -0.378 e. The molecule has 1 aromatic carbocycles. The summed E-state index contributed by atoms with van der Waals surface area (Å²) >= 11 is 0. The number of aromatic nitrogens is 3. The van der Waals surface area contributed by atoms with Crippen molar-refractivity contribution in [2.75, 3.05) is 31.2 Å². The summed E-state index contributed by atoms with van der Waals surface area (Å²) in [5, 5.41) is 8.42. The first kappa shape index (κ1) is 11.1. The van der Waals surface area contributed by atoms with Crippen LogP contribution in [0.2, 0.25) is 0 Å². The van der Waals surface area contributed by atoms with Crippen LogP contribution in [0, 0.1) is 0 Å². The molecule has 5 nitrogen and oxygen atoms in total. The van der Waals surface area contributed by atoms with E-state index in [1.165, 1.54) is 0 Å². The molecule has 3 rings (SSSR count). The van der Waals surface area contributed by atoms with Crippen molar-refractivity contribution >= 4 is 5.95 Å². The van der Waals surface area contributed by atoms with Crippen LogP contribution in [-0.4, -0.2) is 41.5 Å². The lowest BCUT2D eigenvalue weighted by atomic mass is 10.2. The summed E-state index contributed by atoms with van der Waals surface area (Å²) in [6, 6.07) is 9.94. The van der Waals surface area contributed by atoms with Gasteiger partial charge in [-0.05, 0) is 0 Å². The monoisotopic (exact) mass is 242 g/mol. The van der Waals surface area contributed by atoms with E-state index in [1.54, 1.807) is 6.20 Å². The molecule has 1 aliphatic rings. The standard InChI is InChI=1S/C13H14N4O/c1-2-4-11(5-3-1)12-10-14-13(16-15-12)17-6-8-18-9-7-17/h1-5,10H,6-9H2. The van der Waals surface area contributed by atoms with E-state index < -0.39 is 0 Å². The SMILES string of the molecule is c1ccc(-c2cnc(N3CCOCC3)nn2)cc1. The van der Waals surface area contributed by atoms with Gasteiger partial charge in [0.1, 0.15) is 5.69 Å². The Morgan fingerprint density at radius 3 is 2.44 bits per heavy atom. The molecule has 0 unspecified atom stereocenters. The van der Waals surface area contributed by atoms with Crippen LogP contribution in [0.25, 0.3) is 11.3 Å². The molecular formula is C13H14N4O. The van der Waals surface area contributed by atoms with Crippen molar-refractivity contribution in [3.05, 3.63) is 36.5 Å². The lowest BCUT2D eigenvalue weighted by Crippen LogP contribution is -2.37. The van der Waals surface area contributed by atoms with E-state index in [-0.39, 0.29) is 0 Å². The minimum absolute atomic E-state index is 0.679. The molecule has 1 saturated heterocycles. The molecule has 0 radical (unpaired) electrons. The molecule has 92 valence electrons. The van der Waals surface area contributed by atoms with E-state index in [0.29, 0.717) is 5.95 Å². The Bertz CT molecular complexity index is 494. The fraction of sp³-hybridized carbons (Fsp3) is 0.308. The average Bonchev–Trinajstić information content (AvgIpc) is 2.49. The van der Waals surface area contributed by atoms with Crippen molar-refractivity contribution in [1.29, 1.82) is 0 Å². The van der Waals surface area contributed by atoms with E-state index >= 15 is 0 Å². The van der Waals surface area contributed by atoms with Gasteiger partial charge in [0.15, 0.2) is 0 Å². The molecule has 0 aliphatic carbocycles. The van der Waals surface area contributed by atoms with E-state index in [9.17, 15) is 0 Å². The lowest BCUT2D eigenvalue weighted by Gasteiger charge is -2.26. The maximum absolute atomic E-state index is 5.30. The average molecular weight is 242 g/mol. The normalized spacial score (nSPS) is 15.7. The van der Waals surface area contributed by atoms with Crippen LogP contribution < -0.4 is 4.90 Å². The van der Waals surface area contributed by atoms with Crippen LogP contribution in [0.5, 0.6) is 0 Å². The third kappa shape index (κ3) is 2.31. The minimum atomic E-state index is 0.679. The van der Waals surface area contributed by atoms with Crippen LogP contribution in [0.1, 0.15) is 0 Å². The number of hydrogen-bond acceptors (Lipinski definition) is 5. The van der Waals surface area contributed by atoms with E-state index in [1.807, 2.05) is 30.3 Å². The number of nitrogens with zero attached hydrogens (tertiary/aromatic N) is 4. The molecule has 1 fully saturated rings. The Hall–Kier alpha value is -2.01. The molecule has 0 atom stereocenters. The fourth-order valence-electron chi connectivity index (χ4n) is 1.92. The second-order valence-corrected chi connectivity index (χ2v) is 4.11. The van der Waals surface area contributed by atoms with Crippen molar-refractivity contribution in [2.24, 2.45) is 0 Å². The predicted octanol–water partition coefficient (Wildman–Crippen LogP) is 1.38. The second kappa shape index (κ2) is 5.10. The van der Waals surface area contributed by atoms with Gasteiger partial charge in [-0.15, -0.1) is 10.2 Å². The Labute approximate surface area is 105 Å². The molecule has 0 N–H and O–H groups in total. The Morgan fingerprint density at radius 1 is 1.00 bits per heavy atom.